The summed E-state index contributed by atoms with van der Waals surface area (Å²) >= 11 is 0. The van der Waals surface area contributed by atoms with E-state index in [-0.39, 0.29) is 18.7 Å². The molecular formula is C18H25N5O4. The lowest BCUT2D eigenvalue weighted by atomic mass is 10.0. The van der Waals surface area contributed by atoms with Gasteiger partial charge in [-0.3, -0.25) is 4.79 Å². The number of carbonyl (C=O) groups is 2. The minimum Gasteiger partial charge on any atom is -0.480 e. The third kappa shape index (κ3) is 4.47. The van der Waals surface area contributed by atoms with E-state index in [2.05, 4.69) is 15.0 Å². The quantitative estimate of drug-likeness (QED) is 0.843. The summed E-state index contributed by atoms with van der Waals surface area (Å²) in [6.07, 6.45) is 4.31. The maximum Gasteiger partial charge on any atom is 0.410 e. The molecule has 2 aromatic heterocycles. The van der Waals surface area contributed by atoms with E-state index in [1.807, 2.05) is 26.8 Å². The Labute approximate surface area is 157 Å². The number of aromatic amines is 1. The smallest absolute Gasteiger partial charge is 0.410 e. The van der Waals surface area contributed by atoms with Gasteiger partial charge in [-0.2, -0.15) is 0 Å². The Hall–Kier alpha value is -2.84. The summed E-state index contributed by atoms with van der Waals surface area (Å²) in [6.45, 7) is 6.25. The summed E-state index contributed by atoms with van der Waals surface area (Å²) in [7, 11) is 0. The number of fused-ring (bicyclic) bond motifs is 1. The summed E-state index contributed by atoms with van der Waals surface area (Å²) in [4.78, 5) is 38.9. The van der Waals surface area contributed by atoms with Crippen LogP contribution in [0.3, 0.4) is 0 Å². The maximum absolute atomic E-state index is 12.4. The number of aliphatic carboxylic acids is 1. The van der Waals surface area contributed by atoms with E-state index < -0.39 is 11.6 Å². The van der Waals surface area contributed by atoms with Gasteiger partial charge in [-0.05, 0) is 39.7 Å². The number of nitrogens with zero attached hydrogens (tertiary/aromatic N) is 4. The van der Waals surface area contributed by atoms with Gasteiger partial charge in [-0.15, -0.1) is 0 Å². The standard InChI is InChI=1S/C18H25N5O4/c1-18(2,3)27-17(26)22-8-4-5-12(9-22)23(10-14(24)25)16-13-6-7-19-15(13)20-11-21-16/h6-7,11-12H,4-5,8-10H2,1-3H3,(H,24,25)(H,19,20,21)/t12-/m1/s1. The second-order valence-electron chi connectivity index (χ2n) is 7.68. The van der Waals surface area contributed by atoms with Crippen LogP contribution in [0.25, 0.3) is 11.0 Å². The summed E-state index contributed by atoms with van der Waals surface area (Å²) < 4.78 is 5.47. The number of nitrogens with one attached hydrogen (secondary N) is 1. The number of carboxylic acids is 1. The molecule has 0 bridgehead atoms. The summed E-state index contributed by atoms with van der Waals surface area (Å²) in [5, 5.41) is 10.2. The fourth-order valence-electron chi connectivity index (χ4n) is 3.31. The number of hydrogen-bond acceptors (Lipinski definition) is 6. The van der Waals surface area contributed by atoms with Gasteiger partial charge in [0.2, 0.25) is 0 Å². The zero-order valence-corrected chi connectivity index (χ0v) is 15.8. The SMILES string of the molecule is CC(C)(C)OC(=O)N1CCC[C@@H](N(CC(=O)O)c2ncnc3[nH]ccc23)C1. The van der Waals surface area contributed by atoms with Gasteiger partial charge < -0.3 is 24.6 Å². The first-order chi connectivity index (χ1) is 12.7. The number of amides is 1. The van der Waals surface area contributed by atoms with Crippen molar-refractivity contribution >= 4 is 28.9 Å². The van der Waals surface area contributed by atoms with E-state index in [9.17, 15) is 14.7 Å². The van der Waals surface area contributed by atoms with E-state index in [0.29, 0.717) is 24.6 Å². The molecule has 0 aliphatic carbocycles. The molecule has 0 radical (unpaired) electrons. The van der Waals surface area contributed by atoms with Gasteiger partial charge in [-0.1, -0.05) is 0 Å². The molecular weight excluding hydrogens is 350 g/mol. The molecule has 0 spiro atoms. The average molecular weight is 375 g/mol. The Morgan fingerprint density at radius 2 is 2.19 bits per heavy atom. The monoisotopic (exact) mass is 375 g/mol. The molecule has 146 valence electrons. The van der Waals surface area contributed by atoms with E-state index in [1.165, 1.54) is 6.33 Å². The molecule has 2 aromatic rings. The fraction of sp³-hybridized carbons (Fsp3) is 0.556. The van der Waals surface area contributed by atoms with Crippen LogP contribution >= 0.6 is 0 Å². The van der Waals surface area contributed by atoms with Crippen LogP contribution < -0.4 is 4.90 Å². The van der Waals surface area contributed by atoms with Crippen molar-refractivity contribution in [2.75, 3.05) is 24.5 Å². The molecule has 1 aliphatic rings. The van der Waals surface area contributed by atoms with Crippen molar-refractivity contribution in [3.05, 3.63) is 18.6 Å². The molecule has 1 aliphatic heterocycles. The summed E-state index contributed by atoms with van der Waals surface area (Å²) in [5.41, 5.74) is 0.0736. The van der Waals surface area contributed by atoms with E-state index >= 15 is 0 Å². The molecule has 9 heteroatoms. The van der Waals surface area contributed by atoms with Gasteiger partial charge >= 0.3 is 12.1 Å². The highest BCUT2D eigenvalue weighted by molar-refractivity contribution is 5.89. The van der Waals surface area contributed by atoms with Gasteiger partial charge in [0.05, 0.1) is 5.39 Å². The van der Waals surface area contributed by atoms with Crippen molar-refractivity contribution in [3.8, 4) is 0 Å². The first-order valence-electron chi connectivity index (χ1n) is 8.99. The van der Waals surface area contributed by atoms with Crippen LogP contribution in [0.4, 0.5) is 10.6 Å². The number of rotatable bonds is 4. The van der Waals surface area contributed by atoms with Gasteiger partial charge in [0.1, 0.15) is 29.9 Å². The molecule has 3 rings (SSSR count). The zero-order chi connectivity index (χ0) is 19.6. The molecule has 1 fully saturated rings. The molecule has 0 unspecified atom stereocenters. The number of carbonyl (C=O) groups excluding carboxylic acids is 1. The first kappa shape index (κ1) is 18.9. The van der Waals surface area contributed by atoms with Crippen molar-refractivity contribution in [3.63, 3.8) is 0 Å². The second kappa shape index (κ2) is 7.42. The molecule has 2 N–H and O–H groups in total. The highest BCUT2D eigenvalue weighted by Gasteiger charge is 2.32. The number of aromatic nitrogens is 3. The lowest BCUT2D eigenvalue weighted by Crippen LogP contribution is -2.52. The molecule has 1 saturated heterocycles. The molecule has 9 nitrogen and oxygen atoms in total. The highest BCUT2D eigenvalue weighted by Crippen LogP contribution is 2.27. The number of H-pyrrole nitrogens is 1. The largest absolute Gasteiger partial charge is 0.480 e. The minimum atomic E-state index is -0.952. The van der Waals surface area contributed by atoms with Gasteiger partial charge in [0.15, 0.2) is 0 Å². The van der Waals surface area contributed by atoms with Crippen LogP contribution in [0.5, 0.6) is 0 Å². The molecule has 1 atom stereocenters. The lowest BCUT2D eigenvalue weighted by Gasteiger charge is -2.39. The number of likely N-dealkylation sites (tertiary alicyclic amines) is 1. The Balaban J connectivity index is 1.86. The first-order valence-corrected chi connectivity index (χ1v) is 8.99. The van der Waals surface area contributed by atoms with Gasteiger partial charge in [0, 0.05) is 25.3 Å². The lowest BCUT2D eigenvalue weighted by molar-refractivity contribution is -0.135. The van der Waals surface area contributed by atoms with Gasteiger partial charge in [0.25, 0.3) is 0 Å². The van der Waals surface area contributed by atoms with E-state index in [0.717, 1.165) is 18.2 Å². The molecule has 0 aromatic carbocycles. The Morgan fingerprint density at radius 1 is 1.41 bits per heavy atom. The Morgan fingerprint density at radius 3 is 2.89 bits per heavy atom. The summed E-state index contributed by atoms with van der Waals surface area (Å²) in [6, 6.07) is 1.66. The molecule has 1 amide bonds. The van der Waals surface area contributed by atoms with Crippen molar-refractivity contribution < 1.29 is 19.4 Å². The number of piperidine rings is 1. The van der Waals surface area contributed by atoms with E-state index in [1.54, 1.807) is 16.0 Å². The van der Waals surface area contributed by atoms with Crippen LogP contribution in [0.15, 0.2) is 18.6 Å². The Bertz CT molecular complexity index is 829. The molecule has 27 heavy (non-hydrogen) atoms. The number of anilines is 1. The van der Waals surface area contributed by atoms with Crippen LogP contribution in [0, 0.1) is 0 Å². The minimum absolute atomic E-state index is 0.171. The van der Waals surface area contributed by atoms with Crippen LogP contribution in [0.1, 0.15) is 33.6 Å². The van der Waals surface area contributed by atoms with E-state index in [4.69, 9.17) is 4.74 Å². The summed E-state index contributed by atoms with van der Waals surface area (Å²) in [5.74, 6) is -0.397. The van der Waals surface area contributed by atoms with Crippen molar-refractivity contribution in [1.82, 2.24) is 19.9 Å². The fourth-order valence-corrected chi connectivity index (χ4v) is 3.31. The normalized spacial score (nSPS) is 17.7. The van der Waals surface area contributed by atoms with Crippen molar-refractivity contribution in [2.24, 2.45) is 0 Å². The van der Waals surface area contributed by atoms with Crippen LogP contribution in [0.2, 0.25) is 0 Å². The average Bonchev–Trinajstić information content (AvgIpc) is 3.07. The number of ether oxygens (including phenoxy) is 1. The molecule has 3 heterocycles. The number of hydrogen-bond donors (Lipinski definition) is 2. The highest BCUT2D eigenvalue weighted by atomic mass is 16.6. The van der Waals surface area contributed by atoms with Crippen molar-refractivity contribution in [2.45, 2.75) is 45.3 Å². The Kier molecular flexibility index (Phi) is 5.20. The van der Waals surface area contributed by atoms with Crippen LogP contribution in [-0.2, 0) is 9.53 Å². The second-order valence-corrected chi connectivity index (χ2v) is 7.68. The third-order valence-electron chi connectivity index (χ3n) is 4.40. The predicted octanol–water partition coefficient (Wildman–Crippen LogP) is 2.25. The maximum atomic E-state index is 12.4. The van der Waals surface area contributed by atoms with Gasteiger partial charge in [-0.25, -0.2) is 14.8 Å². The zero-order valence-electron chi connectivity index (χ0n) is 15.8. The third-order valence-corrected chi connectivity index (χ3v) is 4.40. The molecule has 0 saturated carbocycles. The number of carboxylic acid groups (broad SMARTS) is 1. The predicted molar refractivity (Wildman–Crippen MR) is 99.7 cm³/mol. The van der Waals surface area contributed by atoms with Crippen molar-refractivity contribution in [1.29, 1.82) is 0 Å². The van der Waals surface area contributed by atoms with Crippen LogP contribution in [-0.4, -0.2) is 68.3 Å². The topological polar surface area (TPSA) is 112 Å².